The molecular weight excluding hydrogens is 150 g/mol. The van der Waals surface area contributed by atoms with Crippen molar-refractivity contribution in [2.45, 2.75) is 38.5 Å². The fourth-order valence-corrected chi connectivity index (χ4v) is 1.70. The molecule has 1 aliphatic carbocycles. The van der Waals surface area contributed by atoms with Crippen LogP contribution in [0.3, 0.4) is 0 Å². The van der Waals surface area contributed by atoms with Crippen LogP contribution in [-0.2, 0) is 0 Å². The highest BCUT2D eigenvalue weighted by Crippen LogP contribution is 2.40. The SMILES string of the molecule is OCC1(C(F)F)CCCCC1. The van der Waals surface area contributed by atoms with Crippen molar-refractivity contribution in [1.29, 1.82) is 0 Å². The molecule has 1 aliphatic rings. The molecular formula is C8H14F2O. The molecule has 0 amide bonds. The lowest BCUT2D eigenvalue weighted by atomic mass is 9.75. The van der Waals surface area contributed by atoms with Crippen LogP contribution in [0.5, 0.6) is 0 Å². The van der Waals surface area contributed by atoms with Crippen LogP contribution in [0.15, 0.2) is 0 Å². The maximum Gasteiger partial charge on any atom is 0.246 e. The molecule has 0 aliphatic heterocycles. The Morgan fingerprint density at radius 2 is 1.73 bits per heavy atom. The Bertz CT molecular complexity index is 119. The minimum Gasteiger partial charge on any atom is -0.396 e. The Hall–Kier alpha value is -0.180. The lowest BCUT2D eigenvalue weighted by Gasteiger charge is -2.34. The Kier molecular flexibility index (Phi) is 2.82. The third kappa shape index (κ3) is 1.70. The van der Waals surface area contributed by atoms with Crippen LogP contribution in [0.1, 0.15) is 32.1 Å². The number of halogens is 2. The molecule has 0 aromatic carbocycles. The number of aliphatic hydroxyl groups excluding tert-OH is 1. The molecule has 1 saturated carbocycles. The van der Waals surface area contributed by atoms with Crippen LogP contribution < -0.4 is 0 Å². The summed E-state index contributed by atoms with van der Waals surface area (Å²) in [6.07, 6.45) is 1.33. The quantitative estimate of drug-likeness (QED) is 0.663. The molecule has 0 radical (unpaired) electrons. The molecule has 0 unspecified atom stereocenters. The summed E-state index contributed by atoms with van der Waals surface area (Å²) in [5.41, 5.74) is -1.06. The summed E-state index contributed by atoms with van der Waals surface area (Å²) >= 11 is 0. The van der Waals surface area contributed by atoms with Crippen molar-refractivity contribution in [2.75, 3.05) is 6.61 Å². The zero-order chi connectivity index (χ0) is 8.32. The normalized spacial score (nSPS) is 24.0. The molecule has 0 aromatic rings. The maximum atomic E-state index is 12.4. The Labute approximate surface area is 65.4 Å². The van der Waals surface area contributed by atoms with Gasteiger partial charge in [0.25, 0.3) is 0 Å². The average Bonchev–Trinajstić information content (AvgIpc) is 2.05. The van der Waals surface area contributed by atoms with E-state index in [1.54, 1.807) is 0 Å². The Morgan fingerprint density at radius 3 is 2.00 bits per heavy atom. The second-order valence-electron chi connectivity index (χ2n) is 3.38. The number of rotatable bonds is 2. The summed E-state index contributed by atoms with van der Waals surface area (Å²) in [5, 5.41) is 8.83. The number of aliphatic hydroxyl groups is 1. The van der Waals surface area contributed by atoms with Gasteiger partial charge in [-0.2, -0.15) is 0 Å². The molecule has 1 N–H and O–H groups in total. The number of alkyl halides is 2. The van der Waals surface area contributed by atoms with Gasteiger partial charge in [0, 0.05) is 0 Å². The van der Waals surface area contributed by atoms with Gasteiger partial charge in [0.1, 0.15) is 0 Å². The van der Waals surface area contributed by atoms with E-state index in [2.05, 4.69) is 0 Å². The van der Waals surface area contributed by atoms with E-state index in [-0.39, 0.29) is 6.61 Å². The first-order chi connectivity index (χ1) is 5.21. The molecule has 0 aromatic heterocycles. The van der Waals surface area contributed by atoms with Crippen LogP contribution in [0.25, 0.3) is 0 Å². The second-order valence-corrected chi connectivity index (χ2v) is 3.38. The van der Waals surface area contributed by atoms with Crippen LogP contribution in [-0.4, -0.2) is 18.1 Å². The van der Waals surface area contributed by atoms with Gasteiger partial charge in [0.05, 0.1) is 12.0 Å². The van der Waals surface area contributed by atoms with Gasteiger partial charge in [-0.25, -0.2) is 8.78 Å². The van der Waals surface area contributed by atoms with Gasteiger partial charge in [-0.3, -0.25) is 0 Å². The first kappa shape index (κ1) is 8.91. The second kappa shape index (κ2) is 3.48. The average molecular weight is 164 g/mol. The third-order valence-electron chi connectivity index (χ3n) is 2.63. The van der Waals surface area contributed by atoms with E-state index < -0.39 is 11.8 Å². The van der Waals surface area contributed by atoms with Crippen molar-refractivity contribution in [2.24, 2.45) is 5.41 Å². The summed E-state index contributed by atoms with van der Waals surface area (Å²) in [6.45, 7) is -0.356. The topological polar surface area (TPSA) is 20.2 Å². The summed E-state index contributed by atoms with van der Waals surface area (Å²) < 4.78 is 24.8. The maximum absolute atomic E-state index is 12.4. The molecule has 0 bridgehead atoms. The van der Waals surface area contributed by atoms with Gasteiger partial charge in [-0.1, -0.05) is 19.3 Å². The smallest absolute Gasteiger partial charge is 0.246 e. The van der Waals surface area contributed by atoms with Crippen molar-refractivity contribution >= 4 is 0 Å². The minimum atomic E-state index is -2.35. The zero-order valence-corrected chi connectivity index (χ0v) is 6.52. The Morgan fingerprint density at radius 1 is 1.18 bits per heavy atom. The summed E-state index contributed by atoms with van der Waals surface area (Å²) in [4.78, 5) is 0. The number of hydrogen-bond donors (Lipinski definition) is 1. The standard InChI is InChI=1S/C8H14F2O/c9-7(10)8(6-11)4-2-1-3-5-8/h7,11H,1-6H2. The summed E-state index contributed by atoms with van der Waals surface area (Å²) in [7, 11) is 0. The van der Waals surface area contributed by atoms with Crippen LogP contribution >= 0.6 is 0 Å². The molecule has 3 heteroatoms. The largest absolute Gasteiger partial charge is 0.396 e. The highest BCUT2D eigenvalue weighted by atomic mass is 19.3. The van der Waals surface area contributed by atoms with Crippen LogP contribution in [0, 0.1) is 5.41 Å². The van der Waals surface area contributed by atoms with E-state index in [1.165, 1.54) is 0 Å². The predicted octanol–water partition coefficient (Wildman–Crippen LogP) is 2.19. The molecule has 1 nitrogen and oxygen atoms in total. The highest BCUT2D eigenvalue weighted by molar-refractivity contribution is 4.84. The van der Waals surface area contributed by atoms with Crippen molar-refractivity contribution < 1.29 is 13.9 Å². The fourth-order valence-electron chi connectivity index (χ4n) is 1.70. The van der Waals surface area contributed by atoms with Crippen molar-refractivity contribution in [3.05, 3.63) is 0 Å². The molecule has 66 valence electrons. The van der Waals surface area contributed by atoms with E-state index >= 15 is 0 Å². The van der Waals surface area contributed by atoms with Crippen LogP contribution in [0.2, 0.25) is 0 Å². The summed E-state index contributed by atoms with van der Waals surface area (Å²) in [5.74, 6) is 0. The van der Waals surface area contributed by atoms with Gasteiger partial charge < -0.3 is 5.11 Å². The Balaban J connectivity index is 2.57. The first-order valence-corrected chi connectivity index (χ1v) is 4.10. The molecule has 0 atom stereocenters. The highest BCUT2D eigenvalue weighted by Gasteiger charge is 2.40. The lowest BCUT2D eigenvalue weighted by molar-refractivity contribution is -0.0647. The van der Waals surface area contributed by atoms with Gasteiger partial charge in [0.15, 0.2) is 0 Å². The number of hydrogen-bond acceptors (Lipinski definition) is 1. The van der Waals surface area contributed by atoms with E-state index in [0.29, 0.717) is 12.8 Å². The molecule has 0 spiro atoms. The van der Waals surface area contributed by atoms with Gasteiger partial charge in [0.2, 0.25) is 6.43 Å². The van der Waals surface area contributed by atoms with Crippen LogP contribution in [0.4, 0.5) is 8.78 Å². The minimum absolute atomic E-state index is 0.356. The lowest BCUT2D eigenvalue weighted by Crippen LogP contribution is -2.35. The van der Waals surface area contributed by atoms with Crippen molar-refractivity contribution in [1.82, 2.24) is 0 Å². The monoisotopic (exact) mass is 164 g/mol. The van der Waals surface area contributed by atoms with Crippen molar-refractivity contribution in [3.8, 4) is 0 Å². The van der Waals surface area contributed by atoms with Gasteiger partial charge in [-0.15, -0.1) is 0 Å². The molecule has 0 heterocycles. The zero-order valence-electron chi connectivity index (χ0n) is 6.52. The van der Waals surface area contributed by atoms with E-state index in [4.69, 9.17) is 5.11 Å². The third-order valence-corrected chi connectivity index (χ3v) is 2.63. The first-order valence-electron chi connectivity index (χ1n) is 4.10. The van der Waals surface area contributed by atoms with Crippen molar-refractivity contribution in [3.63, 3.8) is 0 Å². The van der Waals surface area contributed by atoms with E-state index in [0.717, 1.165) is 19.3 Å². The predicted molar refractivity (Wildman–Crippen MR) is 38.6 cm³/mol. The van der Waals surface area contributed by atoms with E-state index in [9.17, 15) is 8.78 Å². The fraction of sp³-hybridized carbons (Fsp3) is 1.00. The van der Waals surface area contributed by atoms with E-state index in [1.807, 2.05) is 0 Å². The van der Waals surface area contributed by atoms with Gasteiger partial charge >= 0.3 is 0 Å². The summed E-state index contributed by atoms with van der Waals surface area (Å²) in [6, 6.07) is 0. The molecule has 11 heavy (non-hydrogen) atoms. The molecule has 0 saturated heterocycles. The molecule has 1 rings (SSSR count). The molecule has 1 fully saturated rings. The van der Waals surface area contributed by atoms with Gasteiger partial charge in [-0.05, 0) is 12.8 Å².